The number of carbonyl (C=O) groups excluding carboxylic acids is 2. The molecule has 1 N–H and O–H groups in total. The molecule has 1 amide bonds. The van der Waals surface area contributed by atoms with E-state index in [2.05, 4.69) is 31.8 Å². The molecular weight excluding hydrogens is 388 g/mol. The van der Waals surface area contributed by atoms with Crippen molar-refractivity contribution in [2.75, 3.05) is 19.7 Å². The van der Waals surface area contributed by atoms with Crippen molar-refractivity contribution in [3.05, 3.63) is 70.9 Å². The first-order valence-electron chi connectivity index (χ1n) is 11.0. The number of benzene rings is 2. The maximum Gasteiger partial charge on any atom is 0.316 e. The van der Waals surface area contributed by atoms with Gasteiger partial charge in [-0.3, -0.25) is 9.59 Å². The largest absolute Gasteiger partial charge is 0.465 e. The lowest BCUT2D eigenvalue weighted by molar-refractivity contribution is -0.145. The van der Waals surface area contributed by atoms with Crippen LogP contribution in [-0.4, -0.2) is 41.5 Å². The lowest BCUT2D eigenvalue weighted by Gasteiger charge is -2.25. The lowest BCUT2D eigenvalue weighted by Crippen LogP contribution is -2.37. The summed E-state index contributed by atoms with van der Waals surface area (Å²) in [5, 5.41) is 1.11. The van der Waals surface area contributed by atoms with E-state index in [1.165, 1.54) is 5.56 Å². The van der Waals surface area contributed by atoms with E-state index < -0.39 is 5.92 Å². The Morgan fingerprint density at radius 1 is 1.10 bits per heavy atom. The van der Waals surface area contributed by atoms with Gasteiger partial charge in [-0.2, -0.15) is 0 Å². The molecule has 0 aliphatic carbocycles. The molecule has 0 fully saturated rings. The summed E-state index contributed by atoms with van der Waals surface area (Å²) in [6, 6.07) is 15.9. The Morgan fingerprint density at radius 3 is 2.48 bits per heavy atom. The molecule has 1 aliphatic rings. The Balaban J connectivity index is 1.66. The fourth-order valence-electron chi connectivity index (χ4n) is 4.35. The summed E-state index contributed by atoms with van der Waals surface area (Å²) in [5.74, 6) is -0.870. The topological polar surface area (TPSA) is 62.4 Å². The van der Waals surface area contributed by atoms with Crippen LogP contribution in [0.1, 0.15) is 60.8 Å². The lowest BCUT2D eigenvalue weighted by atomic mass is 9.86. The number of H-pyrrole nitrogens is 1. The van der Waals surface area contributed by atoms with Gasteiger partial charge in [0.05, 0.1) is 6.61 Å². The summed E-state index contributed by atoms with van der Waals surface area (Å²) in [6.45, 7) is 9.44. The number of esters is 1. The van der Waals surface area contributed by atoms with Gasteiger partial charge in [-0.1, -0.05) is 51.1 Å². The molecule has 0 spiro atoms. The molecule has 1 aromatic heterocycles. The third kappa shape index (κ3) is 4.09. The Hall–Kier alpha value is -3.08. The van der Waals surface area contributed by atoms with Crippen molar-refractivity contribution in [2.45, 2.75) is 45.4 Å². The highest BCUT2D eigenvalue weighted by Crippen LogP contribution is 2.33. The molecule has 5 nitrogen and oxygen atoms in total. The number of hydrogen-bond donors (Lipinski definition) is 1. The summed E-state index contributed by atoms with van der Waals surface area (Å²) in [7, 11) is 0. The van der Waals surface area contributed by atoms with Crippen LogP contribution >= 0.6 is 0 Å². The molecule has 0 saturated heterocycles. The zero-order valence-electron chi connectivity index (χ0n) is 18.7. The minimum Gasteiger partial charge on any atom is -0.465 e. The normalized spacial score (nSPS) is 16.6. The van der Waals surface area contributed by atoms with E-state index in [0.29, 0.717) is 31.7 Å². The first-order chi connectivity index (χ1) is 14.8. The van der Waals surface area contributed by atoms with Crippen LogP contribution in [0, 0.1) is 0 Å². The fraction of sp³-hybridized carbons (Fsp3) is 0.385. The smallest absolute Gasteiger partial charge is 0.316 e. The molecule has 2 aromatic carbocycles. The number of amides is 1. The van der Waals surface area contributed by atoms with Gasteiger partial charge < -0.3 is 14.6 Å². The Labute approximate surface area is 183 Å². The van der Waals surface area contributed by atoms with Crippen molar-refractivity contribution < 1.29 is 14.3 Å². The standard InChI is InChI=1S/C26H30N2O3/c1-5-31-25(30)21-16-28(24(29)17-10-12-18(13-11-17)26(2,3)4)15-14-20-19-8-6-7-9-22(19)27-23(20)21/h6-13,21,27H,5,14-16H2,1-4H3. The summed E-state index contributed by atoms with van der Waals surface area (Å²) in [5.41, 5.74) is 4.85. The molecule has 0 radical (unpaired) electrons. The van der Waals surface area contributed by atoms with Crippen LogP contribution in [0.25, 0.3) is 10.9 Å². The number of aromatic amines is 1. The number of nitrogens with zero attached hydrogens (tertiary/aromatic N) is 1. The van der Waals surface area contributed by atoms with Crippen molar-refractivity contribution in [1.82, 2.24) is 9.88 Å². The number of hydrogen-bond acceptors (Lipinski definition) is 3. The quantitative estimate of drug-likeness (QED) is 0.621. The molecule has 0 bridgehead atoms. The first kappa shape index (κ1) is 21.2. The van der Waals surface area contributed by atoms with Gasteiger partial charge in [-0.15, -0.1) is 0 Å². The van der Waals surface area contributed by atoms with Gasteiger partial charge in [0.2, 0.25) is 0 Å². The van der Waals surface area contributed by atoms with Crippen LogP contribution in [0.3, 0.4) is 0 Å². The van der Waals surface area contributed by atoms with Crippen LogP contribution in [0.2, 0.25) is 0 Å². The molecule has 1 aliphatic heterocycles. The molecule has 1 atom stereocenters. The molecular formula is C26H30N2O3. The Kier molecular flexibility index (Phi) is 5.61. The highest BCUT2D eigenvalue weighted by Gasteiger charge is 2.34. The van der Waals surface area contributed by atoms with E-state index in [-0.39, 0.29) is 17.3 Å². The van der Waals surface area contributed by atoms with Gasteiger partial charge >= 0.3 is 5.97 Å². The minimum absolute atomic E-state index is 0.0307. The van der Waals surface area contributed by atoms with E-state index in [1.54, 1.807) is 11.8 Å². The molecule has 0 saturated carbocycles. The third-order valence-corrected chi connectivity index (χ3v) is 6.09. The number of fused-ring (bicyclic) bond motifs is 3. The van der Waals surface area contributed by atoms with Gasteiger partial charge in [0, 0.05) is 35.2 Å². The van der Waals surface area contributed by atoms with E-state index >= 15 is 0 Å². The minimum atomic E-state index is -0.525. The maximum atomic E-state index is 13.3. The van der Waals surface area contributed by atoms with Crippen LogP contribution < -0.4 is 0 Å². The number of para-hydroxylation sites is 1. The number of nitrogens with one attached hydrogen (secondary N) is 1. The Bertz CT molecular complexity index is 1110. The SMILES string of the molecule is CCOC(=O)C1CN(C(=O)c2ccc(C(C)(C)C)cc2)CCc2c1[nH]c1ccccc21. The second-order valence-electron chi connectivity index (χ2n) is 9.20. The van der Waals surface area contributed by atoms with E-state index in [4.69, 9.17) is 4.74 Å². The van der Waals surface area contributed by atoms with E-state index in [9.17, 15) is 9.59 Å². The number of aromatic nitrogens is 1. The van der Waals surface area contributed by atoms with Crippen LogP contribution in [-0.2, 0) is 21.4 Å². The average Bonchev–Trinajstić information content (AvgIpc) is 3.00. The number of ether oxygens (including phenoxy) is 1. The monoisotopic (exact) mass is 418 g/mol. The predicted octanol–water partition coefficient (Wildman–Crippen LogP) is 4.81. The van der Waals surface area contributed by atoms with Gasteiger partial charge in [0.15, 0.2) is 0 Å². The highest BCUT2D eigenvalue weighted by molar-refractivity contribution is 5.95. The van der Waals surface area contributed by atoms with Crippen LogP contribution in [0.5, 0.6) is 0 Å². The van der Waals surface area contributed by atoms with Gasteiger partial charge in [0.1, 0.15) is 5.92 Å². The number of rotatable bonds is 3. The van der Waals surface area contributed by atoms with Crippen molar-refractivity contribution in [3.63, 3.8) is 0 Å². The predicted molar refractivity (Wildman–Crippen MR) is 122 cm³/mol. The van der Waals surface area contributed by atoms with Crippen molar-refractivity contribution in [3.8, 4) is 0 Å². The zero-order valence-corrected chi connectivity index (χ0v) is 18.7. The second kappa shape index (κ2) is 8.22. The van der Waals surface area contributed by atoms with Crippen molar-refractivity contribution in [1.29, 1.82) is 0 Å². The molecule has 162 valence electrons. The molecule has 2 heterocycles. The summed E-state index contributed by atoms with van der Waals surface area (Å²) >= 11 is 0. The van der Waals surface area contributed by atoms with Crippen molar-refractivity contribution in [2.24, 2.45) is 0 Å². The zero-order chi connectivity index (χ0) is 22.2. The number of carbonyl (C=O) groups is 2. The second-order valence-corrected chi connectivity index (χ2v) is 9.20. The van der Waals surface area contributed by atoms with Gasteiger partial charge in [-0.25, -0.2) is 0 Å². The van der Waals surface area contributed by atoms with E-state index in [0.717, 1.165) is 22.2 Å². The molecule has 31 heavy (non-hydrogen) atoms. The maximum absolute atomic E-state index is 13.3. The van der Waals surface area contributed by atoms with Crippen LogP contribution in [0.4, 0.5) is 0 Å². The van der Waals surface area contributed by atoms with Crippen LogP contribution in [0.15, 0.2) is 48.5 Å². The van der Waals surface area contributed by atoms with Gasteiger partial charge in [-0.05, 0) is 48.1 Å². The Morgan fingerprint density at radius 2 is 1.81 bits per heavy atom. The first-order valence-corrected chi connectivity index (χ1v) is 11.0. The molecule has 1 unspecified atom stereocenters. The molecule has 3 aromatic rings. The fourth-order valence-corrected chi connectivity index (χ4v) is 4.35. The molecule has 4 rings (SSSR count). The average molecular weight is 419 g/mol. The summed E-state index contributed by atoms with van der Waals surface area (Å²) in [4.78, 5) is 31.4. The summed E-state index contributed by atoms with van der Waals surface area (Å²) < 4.78 is 5.38. The van der Waals surface area contributed by atoms with E-state index in [1.807, 2.05) is 42.5 Å². The third-order valence-electron chi connectivity index (χ3n) is 6.09. The summed E-state index contributed by atoms with van der Waals surface area (Å²) in [6.07, 6.45) is 0.696. The van der Waals surface area contributed by atoms with Crippen molar-refractivity contribution >= 4 is 22.8 Å². The van der Waals surface area contributed by atoms with Gasteiger partial charge in [0.25, 0.3) is 5.91 Å². The molecule has 5 heteroatoms. The highest BCUT2D eigenvalue weighted by atomic mass is 16.5.